The Kier molecular flexibility index (Phi) is 6.22. The predicted molar refractivity (Wildman–Crippen MR) is 80.8 cm³/mol. The zero-order valence-electron chi connectivity index (χ0n) is 12.5. The molecule has 5 heteroatoms. The lowest BCUT2D eigenvalue weighted by atomic mass is 9.97. The summed E-state index contributed by atoms with van der Waals surface area (Å²) in [4.78, 5) is 4.36. The largest absolute Gasteiger partial charge is 0.485 e. The molecule has 0 bridgehead atoms. The van der Waals surface area contributed by atoms with Gasteiger partial charge in [-0.3, -0.25) is 0 Å². The first-order valence-electron chi connectivity index (χ1n) is 7.51. The quantitative estimate of drug-likeness (QED) is 0.768. The van der Waals surface area contributed by atoms with Gasteiger partial charge in [0.05, 0.1) is 0 Å². The van der Waals surface area contributed by atoms with Crippen molar-refractivity contribution in [1.29, 1.82) is 0 Å². The maximum absolute atomic E-state index is 5.60. The molecule has 2 rings (SSSR count). The average Bonchev–Trinajstić information content (AvgIpc) is 2.98. The number of nitrogens with zero attached hydrogens (tertiary/aromatic N) is 2. The summed E-state index contributed by atoms with van der Waals surface area (Å²) in [6.45, 7) is 3.25. The van der Waals surface area contributed by atoms with E-state index in [9.17, 15) is 0 Å². The molecule has 0 fully saturated rings. The highest BCUT2D eigenvalue weighted by Gasteiger charge is 2.11. The Morgan fingerprint density at radius 3 is 2.76 bits per heavy atom. The highest BCUT2D eigenvalue weighted by atomic mass is 16.5. The highest BCUT2D eigenvalue weighted by Crippen LogP contribution is 2.16. The standard InChI is InChI=1S/C16H23N3O2/c1-2-13(10-11-17)8-9-16-18-15(19-21-16)12-20-14-6-4-3-5-7-14/h3-7,13H,2,8-12,17H2,1H3. The topological polar surface area (TPSA) is 74.2 Å². The van der Waals surface area contributed by atoms with Crippen molar-refractivity contribution in [2.75, 3.05) is 6.54 Å². The summed E-state index contributed by atoms with van der Waals surface area (Å²) in [6.07, 6.45) is 4.02. The van der Waals surface area contributed by atoms with Crippen LogP contribution in [-0.2, 0) is 13.0 Å². The molecule has 0 saturated carbocycles. The van der Waals surface area contributed by atoms with Gasteiger partial charge in [0.1, 0.15) is 5.75 Å². The molecule has 2 aromatic rings. The molecule has 0 saturated heterocycles. The van der Waals surface area contributed by atoms with Gasteiger partial charge in [0, 0.05) is 6.42 Å². The van der Waals surface area contributed by atoms with E-state index in [4.69, 9.17) is 15.0 Å². The molecule has 1 heterocycles. The average molecular weight is 289 g/mol. The van der Waals surface area contributed by atoms with Gasteiger partial charge in [0.2, 0.25) is 11.7 Å². The Morgan fingerprint density at radius 1 is 1.24 bits per heavy atom. The van der Waals surface area contributed by atoms with Crippen molar-refractivity contribution in [3.05, 3.63) is 42.0 Å². The van der Waals surface area contributed by atoms with Crippen LogP contribution in [0.3, 0.4) is 0 Å². The number of hydrogen-bond donors (Lipinski definition) is 1. The Morgan fingerprint density at radius 2 is 2.05 bits per heavy atom. The van der Waals surface area contributed by atoms with Crippen LogP contribution >= 0.6 is 0 Å². The number of para-hydroxylation sites is 1. The molecule has 1 atom stereocenters. The first-order chi connectivity index (χ1) is 10.3. The highest BCUT2D eigenvalue weighted by molar-refractivity contribution is 5.20. The number of aromatic nitrogens is 2. The summed E-state index contributed by atoms with van der Waals surface area (Å²) in [5.74, 6) is 2.70. The minimum absolute atomic E-state index is 0.327. The van der Waals surface area contributed by atoms with Crippen LogP contribution in [0, 0.1) is 5.92 Å². The first-order valence-corrected chi connectivity index (χ1v) is 7.51. The van der Waals surface area contributed by atoms with E-state index in [0.717, 1.165) is 38.0 Å². The Bertz CT molecular complexity index is 513. The second kappa shape index (κ2) is 8.42. The van der Waals surface area contributed by atoms with Gasteiger partial charge in [-0.25, -0.2) is 0 Å². The summed E-state index contributed by atoms with van der Waals surface area (Å²) in [6, 6.07) is 9.61. The zero-order chi connectivity index (χ0) is 14.9. The number of rotatable bonds is 9. The normalized spacial score (nSPS) is 12.3. The zero-order valence-corrected chi connectivity index (χ0v) is 12.5. The molecule has 0 amide bonds. The minimum Gasteiger partial charge on any atom is -0.485 e. The van der Waals surface area contributed by atoms with Gasteiger partial charge in [-0.05, 0) is 37.4 Å². The predicted octanol–water partition coefficient (Wildman–Crippen LogP) is 2.96. The van der Waals surface area contributed by atoms with Gasteiger partial charge in [-0.1, -0.05) is 36.7 Å². The van der Waals surface area contributed by atoms with Crippen LogP contribution in [0.5, 0.6) is 5.75 Å². The fraction of sp³-hybridized carbons (Fsp3) is 0.500. The van der Waals surface area contributed by atoms with Gasteiger partial charge in [0.15, 0.2) is 6.61 Å². The number of benzene rings is 1. The molecule has 1 aromatic carbocycles. The lowest BCUT2D eigenvalue weighted by molar-refractivity contribution is 0.284. The molecule has 0 radical (unpaired) electrons. The van der Waals surface area contributed by atoms with Crippen LogP contribution in [-0.4, -0.2) is 16.7 Å². The monoisotopic (exact) mass is 289 g/mol. The molecule has 1 unspecified atom stereocenters. The third kappa shape index (κ3) is 5.19. The summed E-state index contributed by atoms with van der Waals surface area (Å²) in [7, 11) is 0. The number of ether oxygens (including phenoxy) is 1. The SMILES string of the molecule is CCC(CCN)CCc1nc(COc2ccccc2)no1. The number of nitrogens with two attached hydrogens (primary N) is 1. The van der Waals surface area contributed by atoms with Crippen LogP contribution < -0.4 is 10.5 Å². The van der Waals surface area contributed by atoms with Crippen LogP contribution in [0.1, 0.15) is 37.9 Å². The fourth-order valence-corrected chi connectivity index (χ4v) is 2.23. The van der Waals surface area contributed by atoms with Crippen LogP contribution in [0.25, 0.3) is 0 Å². The van der Waals surface area contributed by atoms with E-state index in [1.165, 1.54) is 0 Å². The summed E-state index contributed by atoms with van der Waals surface area (Å²) >= 11 is 0. The maximum atomic E-state index is 5.60. The molecule has 0 aliphatic rings. The van der Waals surface area contributed by atoms with E-state index >= 15 is 0 Å². The third-order valence-corrected chi connectivity index (χ3v) is 3.54. The second-order valence-corrected chi connectivity index (χ2v) is 5.10. The van der Waals surface area contributed by atoms with Crippen molar-refractivity contribution in [2.45, 2.75) is 39.2 Å². The Balaban J connectivity index is 1.78. The molecule has 0 aliphatic carbocycles. The lowest BCUT2D eigenvalue weighted by Gasteiger charge is -2.11. The van der Waals surface area contributed by atoms with Gasteiger partial charge >= 0.3 is 0 Å². The molecular weight excluding hydrogens is 266 g/mol. The van der Waals surface area contributed by atoms with Crippen molar-refractivity contribution >= 4 is 0 Å². The molecule has 0 spiro atoms. The Hall–Kier alpha value is -1.88. The maximum Gasteiger partial charge on any atom is 0.226 e. The van der Waals surface area contributed by atoms with Gasteiger partial charge in [0.25, 0.3) is 0 Å². The summed E-state index contributed by atoms with van der Waals surface area (Å²) < 4.78 is 10.8. The summed E-state index contributed by atoms with van der Waals surface area (Å²) in [5, 5.41) is 3.95. The fourth-order valence-electron chi connectivity index (χ4n) is 2.23. The second-order valence-electron chi connectivity index (χ2n) is 5.10. The smallest absolute Gasteiger partial charge is 0.226 e. The van der Waals surface area contributed by atoms with E-state index in [1.807, 2.05) is 30.3 Å². The van der Waals surface area contributed by atoms with Crippen molar-refractivity contribution in [2.24, 2.45) is 11.7 Å². The van der Waals surface area contributed by atoms with Crippen LogP contribution in [0.4, 0.5) is 0 Å². The van der Waals surface area contributed by atoms with Crippen molar-refractivity contribution in [3.8, 4) is 5.75 Å². The third-order valence-electron chi connectivity index (χ3n) is 3.54. The first kappa shape index (κ1) is 15.5. The van der Waals surface area contributed by atoms with Gasteiger partial charge < -0.3 is 15.0 Å². The van der Waals surface area contributed by atoms with E-state index in [2.05, 4.69) is 17.1 Å². The molecule has 21 heavy (non-hydrogen) atoms. The van der Waals surface area contributed by atoms with Crippen molar-refractivity contribution in [1.82, 2.24) is 10.1 Å². The number of hydrogen-bond acceptors (Lipinski definition) is 5. The molecule has 2 N–H and O–H groups in total. The van der Waals surface area contributed by atoms with E-state index in [-0.39, 0.29) is 0 Å². The number of aryl methyl sites for hydroxylation is 1. The summed E-state index contributed by atoms with van der Waals surface area (Å²) in [5.41, 5.74) is 5.60. The van der Waals surface area contributed by atoms with Crippen LogP contribution in [0.15, 0.2) is 34.9 Å². The van der Waals surface area contributed by atoms with E-state index in [1.54, 1.807) is 0 Å². The van der Waals surface area contributed by atoms with Gasteiger partial charge in [-0.2, -0.15) is 4.98 Å². The van der Waals surface area contributed by atoms with Crippen molar-refractivity contribution < 1.29 is 9.26 Å². The molecule has 1 aromatic heterocycles. The van der Waals surface area contributed by atoms with E-state index in [0.29, 0.717) is 24.2 Å². The molecular formula is C16H23N3O2. The lowest BCUT2D eigenvalue weighted by Crippen LogP contribution is -2.09. The minimum atomic E-state index is 0.327. The Labute approximate surface area is 125 Å². The molecule has 5 nitrogen and oxygen atoms in total. The van der Waals surface area contributed by atoms with E-state index < -0.39 is 0 Å². The van der Waals surface area contributed by atoms with Crippen molar-refractivity contribution in [3.63, 3.8) is 0 Å². The van der Waals surface area contributed by atoms with Crippen LogP contribution in [0.2, 0.25) is 0 Å². The van der Waals surface area contributed by atoms with Gasteiger partial charge in [-0.15, -0.1) is 0 Å². The molecule has 0 aliphatic heterocycles. The molecule has 114 valence electrons.